The fraction of sp³-hybridized carbons (Fsp3) is 0.286. The van der Waals surface area contributed by atoms with Crippen molar-refractivity contribution >= 4 is 23.5 Å². The maximum absolute atomic E-state index is 12.8. The van der Waals surface area contributed by atoms with Crippen LogP contribution in [-0.4, -0.2) is 47.4 Å². The highest BCUT2D eigenvalue weighted by Crippen LogP contribution is 2.17. The van der Waals surface area contributed by atoms with Crippen LogP contribution in [0, 0.1) is 0 Å². The number of carbonyl (C=O) groups is 3. The highest BCUT2D eigenvalue weighted by atomic mass is 16.4. The van der Waals surface area contributed by atoms with Crippen LogP contribution in [-0.2, 0) is 4.79 Å². The first-order valence-electron chi connectivity index (χ1n) is 8.77. The Morgan fingerprint density at radius 1 is 0.926 bits per heavy atom. The van der Waals surface area contributed by atoms with E-state index in [2.05, 4.69) is 0 Å². The lowest BCUT2D eigenvalue weighted by Gasteiger charge is -2.26. The summed E-state index contributed by atoms with van der Waals surface area (Å²) in [6.07, 6.45) is -0.126. The second kappa shape index (κ2) is 8.98. The van der Waals surface area contributed by atoms with E-state index in [1.165, 1.54) is 9.80 Å². The molecule has 0 aliphatic heterocycles. The molecule has 0 unspecified atom stereocenters. The quantitative estimate of drug-likeness (QED) is 0.813. The Kier molecular flexibility index (Phi) is 6.71. The molecule has 2 amide bonds. The fourth-order valence-corrected chi connectivity index (χ4v) is 2.72. The Hall–Kier alpha value is -3.15. The number of anilines is 1. The van der Waals surface area contributed by atoms with Crippen molar-refractivity contribution in [1.82, 2.24) is 4.90 Å². The van der Waals surface area contributed by atoms with Crippen LogP contribution in [0.5, 0.6) is 0 Å². The van der Waals surface area contributed by atoms with E-state index in [1.54, 1.807) is 31.3 Å². The molecule has 27 heavy (non-hydrogen) atoms. The molecular formula is C21H24N2O4. The van der Waals surface area contributed by atoms with Crippen LogP contribution < -0.4 is 4.90 Å². The number of hydrogen-bond donors (Lipinski definition) is 1. The van der Waals surface area contributed by atoms with Gasteiger partial charge in [-0.2, -0.15) is 0 Å². The van der Waals surface area contributed by atoms with Crippen LogP contribution in [0.4, 0.5) is 5.69 Å². The van der Waals surface area contributed by atoms with Gasteiger partial charge in [0.1, 0.15) is 0 Å². The summed E-state index contributed by atoms with van der Waals surface area (Å²) in [5.74, 6) is -1.47. The number of carbonyl (C=O) groups excluding carboxylic acids is 2. The summed E-state index contributed by atoms with van der Waals surface area (Å²) in [6, 6.07) is 15.6. The van der Waals surface area contributed by atoms with Crippen LogP contribution in [0.15, 0.2) is 54.6 Å². The summed E-state index contributed by atoms with van der Waals surface area (Å²) < 4.78 is 0. The second-order valence-corrected chi connectivity index (χ2v) is 6.52. The maximum atomic E-state index is 12.8. The molecule has 2 aromatic rings. The van der Waals surface area contributed by atoms with Gasteiger partial charge < -0.3 is 14.9 Å². The minimum Gasteiger partial charge on any atom is -0.481 e. The van der Waals surface area contributed by atoms with Crippen molar-refractivity contribution in [3.05, 3.63) is 65.7 Å². The minimum absolute atomic E-state index is 0.119. The largest absolute Gasteiger partial charge is 0.481 e. The summed E-state index contributed by atoms with van der Waals surface area (Å²) in [5, 5.41) is 8.89. The van der Waals surface area contributed by atoms with Crippen LogP contribution >= 0.6 is 0 Å². The van der Waals surface area contributed by atoms with E-state index in [4.69, 9.17) is 5.11 Å². The van der Waals surface area contributed by atoms with Crippen molar-refractivity contribution in [1.29, 1.82) is 0 Å². The number of nitrogens with zero attached hydrogens (tertiary/aromatic N) is 2. The van der Waals surface area contributed by atoms with Crippen molar-refractivity contribution in [3.63, 3.8) is 0 Å². The Balaban J connectivity index is 2.23. The lowest BCUT2D eigenvalue weighted by atomic mass is 10.1. The molecule has 0 aliphatic rings. The van der Waals surface area contributed by atoms with Crippen molar-refractivity contribution in [2.45, 2.75) is 26.3 Å². The minimum atomic E-state index is -0.957. The van der Waals surface area contributed by atoms with E-state index in [0.29, 0.717) is 11.1 Å². The molecule has 142 valence electrons. The standard InChI is InChI=1S/C21H24N2O4/c1-15(2)23(13-12-19(24)25)21(27)17-9-7-8-16(14-17)20(26)22(3)18-10-5-4-6-11-18/h4-11,14-15H,12-13H2,1-3H3,(H,24,25). The average Bonchev–Trinajstić information content (AvgIpc) is 2.67. The zero-order valence-electron chi connectivity index (χ0n) is 15.8. The van der Waals surface area contributed by atoms with Crippen molar-refractivity contribution in [2.75, 3.05) is 18.5 Å². The molecule has 0 aliphatic carbocycles. The van der Waals surface area contributed by atoms with E-state index >= 15 is 0 Å². The number of amides is 2. The van der Waals surface area contributed by atoms with E-state index < -0.39 is 5.97 Å². The third-order valence-corrected chi connectivity index (χ3v) is 4.26. The van der Waals surface area contributed by atoms with Crippen LogP contribution in [0.2, 0.25) is 0 Å². The topological polar surface area (TPSA) is 77.9 Å². The molecule has 0 spiro atoms. The number of hydrogen-bond acceptors (Lipinski definition) is 3. The first-order chi connectivity index (χ1) is 12.8. The van der Waals surface area contributed by atoms with Gasteiger partial charge >= 0.3 is 5.97 Å². The third kappa shape index (κ3) is 5.17. The van der Waals surface area contributed by atoms with E-state index in [0.717, 1.165) is 5.69 Å². The van der Waals surface area contributed by atoms with Crippen LogP contribution in [0.3, 0.4) is 0 Å². The van der Waals surface area contributed by atoms with Crippen LogP contribution in [0.1, 0.15) is 41.0 Å². The van der Waals surface area contributed by atoms with Gasteiger partial charge in [-0.05, 0) is 44.2 Å². The number of rotatable bonds is 7. The first-order valence-corrected chi connectivity index (χ1v) is 8.77. The zero-order valence-corrected chi connectivity index (χ0v) is 15.8. The number of para-hydroxylation sites is 1. The summed E-state index contributed by atoms with van der Waals surface area (Å²) in [6.45, 7) is 3.78. The molecule has 1 N–H and O–H groups in total. The first kappa shape index (κ1) is 20.2. The second-order valence-electron chi connectivity index (χ2n) is 6.52. The molecule has 0 fully saturated rings. The normalized spacial score (nSPS) is 10.5. The molecular weight excluding hydrogens is 344 g/mol. The van der Waals surface area contributed by atoms with Gasteiger partial charge in [0.2, 0.25) is 0 Å². The molecule has 0 radical (unpaired) electrons. The van der Waals surface area contributed by atoms with Gasteiger partial charge in [0.25, 0.3) is 11.8 Å². The zero-order chi connectivity index (χ0) is 20.0. The Bertz CT molecular complexity index is 818. The Labute approximate surface area is 159 Å². The molecule has 0 bridgehead atoms. The SMILES string of the molecule is CC(C)N(CCC(=O)O)C(=O)c1cccc(C(=O)N(C)c2ccccc2)c1. The predicted octanol–water partition coefficient (Wildman–Crippen LogP) is 3.29. The fourth-order valence-electron chi connectivity index (χ4n) is 2.72. The van der Waals surface area contributed by atoms with E-state index in [-0.39, 0.29) is 30.8 Å². The molecule has 2 rings (SSSR count). The van der Waals surface area contributed by atoms with Gasteiger partial charge in [-0.15, -0.1) is 0 Å². The van der Waals surface area contributed by atoms with Crippen molar-refractivity contribution in [3.8, 4) is 0 Å². The molecule has 0 atom stereocenters. The molecule has 2 aromatic carbocycles. The molecule has 0 saturated heterocycles. The summed E-state index contributed by atoms with van der Waals surface area (Å²) in [7, 11) is 1.68. The van der Waals surface area contributed by atoms with Gasteiger partial charge in [-0.3, -0.25) is 14.4 Å². The lowest BCUT2D eigenvalue weighted by Crippen LogP contribution is -2.38. The lowest BCUT2D eigenvalue weighted by molar-refractivity contribution is -0.137. The number of aliphatic carboxylic acids is 1. The highest BCUT2D eigenvalue weighted by molar-refractivity contribution is 6.07. The third-order valence-electron chi connectivity index (χ3n) is 4.26. The summed E-state index contributed by atoms with van der Waals surface area (Å²) >= 11 is 0. The van der Waals surface area contributed by atoms with Crippen LogP contribution in [0.25, 0.3) is 0 Å². The van der Waals surface area contributed by atoms with Crippen molar-refractivity contribution in [2.24, 2.45) is 0 Å². The number of carboxylic acid groups (broad SMARTS) is 1. The monoisotopic (exact) mass is 368 g/mol. The van der Waals surface area contributed by atoms with Gasteiger partial charge in [0, 0.05) is 36.4 Å². The molecule has 0 saturated carbocycles. The molecule has 6 nitrogen and oxygen atoms in total. The van der Waals surface area contributed by atoms with Gasteiger partial charge in [0.15, 0.2) is 0 Å². The highest BCUT2D eigenvalue weighted by Gasteiger charge is 2.21. The van der Waals surface area contributed by atoms with E-state index in [1.807, 2.05) is 44.2 Å². The smallest absolute Gasteiger partial charge is 0.305 e. The average molecular weight is 368 g/mol. The number of carboxylic acids is 1. The van der Waals surface area contributed by atoms with Gasteiger partial charge in [-0.25, -0.2) is 0 Å². The van der Waals surface area contributed by atoms with Gasteiger partial charge in [0.05, 0.1) is 6.42 Å². The Morgan fingerprint density at radius 2 is 1.52 bits per heavy atom. The van der Waals surface area contributed by atoms with Gasteiger partial charge in [-0.1, -0.05) is 24.3 Å². The van der Waals surface area contributed by atoms with E-state index in [9.17, 15) is 14.4 Å². The summed E-state index contributed by atoms with van der Waals surface area (Å²) in [4.78, 5) is 39.5. The number of benzene rings is 2. The Morgan fingerprint density at radius 3 is 2.07 bits per heavy atom. The van der Waals surface area contributed by atoms with Crippen molar-refractivity contribution < 1.29 is 19.5 Å². The molecule has 6 heteroatoms. The maximum Gasteiger partial charge on any atom is 0.305 e. The molecule has 0 heterocycles. The molecule has 0 aromatic heterocycles. The predicted molar refractivity (Wildman–Crippen MR) is 104 cm³/mol. The summed E-state index contributed by atoms with van der Waals surface area (Å²) in [5.41, 5.74) is 1.51.